The number of methoxy groups -OCH3 is 2. The van der Waals surface area contributed by atoms with Crippen LogP contribution in [0, 0.1) is 5.92 Å². The summed E-state index contributed by atoms with van der Waals surface area (Å²) in [6.45, 7) is 4.21. The van der Waals surface area contributed by atoms with Crippen molar-refractivity contribution in [1.29, 1.82) is 0 Å². The molecule has 20 heavy (non-hydrogen) atoms. The summed E-state index contributed by atoms with van der Waals surface area (Å²) in [6, 6.07) is 3.90. The Bertz CT molecular complexity index is 454. The van der Waals surface area contributed by atoms with Crippen LogP contribution < -0.4 is 14.8 Å². The number of nitrogens with zero attached hydrogens (tertiary/aromatic N) is 1. The number of rotatable bonds is 6. The van der Waals surface area contributed by atoms with Crippen LogP contribution in [-0.2, 0) is 6.54 Å². The fourth-order valence-corrected chi connectivity index (χ4v) is 3.00. The van der Waals surface area contributed by atoms with Gasteiger partial charge in [0.15, 0.2) is 11.5 Å². The summed E-state index contributed by atoms with van der Waals surface area (Å²) in [4.78, 5) is 2.37. The summed E-state index contributed by atoms with van der Waals surface area (Å²) in [5, 5.41) is 4.09. The molecule has 0 radical (unpaired) electrons. The molecule has 1 aromatic carbocycles. The van der Waals surface area contributed by atoms with E-state index in [0.29, 0.717) is 16.5 Å². The molecule has 1 saturated heterocycles. The van der Waals surface area contributed by atoms with E-state index in [9.17, 15) is 0 Å². The highest BCUT2D eigenvalue weighted by Crippen LogP contribution is 2.35. The molecule has 0 aliphatic carbocycles. The molecular formula is C15H23ClN2O2. The van der Waals surface area contributed by atoms with Gasteiger partial charge < -0.3 is 19.7 Å². The topological polar surface area (TPSA) is 33.7 Å². The molecule has 0 bridgehead atoms. The van der Waals surface area contributed by atoms with E-state index in [0.717, 1.165) is 24.6 Å². The Hall–Kier alpha value is -0.970. The lowest BCUT2D eigenvalue weighted by Crippen LogP contribution is -2.24. The zero-order valence-electron chi connectivity index (χ0n) is 12.4. The number of halogens is 1. The van der Waals surface area contributed by atoms with E-state index in [1.807, 2.05) is 12.1 Å². The van der Waals surface area contributed by atoms with Crippen molar-refractivity contribution >= 4 is 11.6 Å². The smallest absolute Gasteiger partial charge is 0.179 e. The molecule has 0 aromatic heterocycles. The van der Waals surface area contributed by atoms with Gasteiger partial charge in [-0.15, -0.1) is 0 Å². The van der Waals surface area contributed by atoms with E-state index in [1.165, 1.54) is 19.5 Å². The minimum absolute atomic E-state index is 0.587. The largest absolute Gasteiger partial charge is 0.493 e. The molecule has 1 atom stereocenters. The van der Waals surface area contributed by atoms with E-state index >= 15 is 0 Å². The molecule has 2 rings (SSSR count). The number of likely N-dealkylation sites (tertiary alicyclic amines) is 1. The van der Waals surface area contributed by atoms with Crippen LogP contribution in [0.2, 0.25) is 5.02 Å². The molecule has 0 saturated carbocycles. The minimum atomic E-state index is 0.587. The van der Waals surface area contributed by atoms with Crippen molar-refractivity contribution in [3.05, 3.63) is 22.7 Å². The van der Waals surface area contributed by atoms with Gasteiger partial charge in [0.25, 0.3) is 0 Å². The van der Waals surface area contributed by atoms with Crippen LogP contribution in [0.15, 0.2) is 12.1 Å². The average Bonchev–Trinajstić information content (AvgIpc) is 2.83. The summed E-state index contributed by atoms with van der Waals surface area (Å²) in [7, 11) is 5.39. The summed E-state index contributed by atoms with van der Waals surface area (Å²) in [5.41, 5.74) is 1.11. The predicted octanol–water partition coefficient (Wildman–Crippen LogP) is 2.40. The predicted molar refractivity (Wildman–Crippen MR) is 81.9 cm³/mol. The third-order valence-corrected chi connectivity index (χ3v) is 4.03. The Balaban J connectivity index is 1.91. The first-order valence-corrected chi connectivity index (χ1v) is 7.31. The van der Waals surface area contributed by atoms with Gasteiger partial charge >= 0.3 is 0 Å². The number of hydrogen-bond donors (Lipinski definition) is 1. The Morgan fingerprint density at radius 1 is 1.35 bits per heavy atom. The summed E-state index contributed by atoms with van der Waals surface area (Å²) >= 11 is 6.20. The van der Waals surface area contributed by atoms with Crippen molar-refractivity contribution in [1.82, 2.24) is 10.2 Å². The molecule has 1 fully saturated rings. The molecule has 1 heterocycles. The second-order valence-corrected chi connectivity index (χ2v) is 5.77. The van der Waals surface area contributed by atoms with Gasteiger partial charge in [0.2, 0.25) is 0 Å². The third kappa shape index (κ3) is 3.78. The maximum absolute atomic E-state index is 6.20. The Labute approximate surface area is 126 Å². The third-order valence-electron chi connectivity index (χ3n) is 3.74. The Kier molecular flexibility index (Phi) is 5.52. The van der Waals surface area contributed by atoms with E-state index in [4.69, 9.17) is 21.1 Å². The van der Waals surface area contributed by atoms with Crippen LogP contribution in [0.25, 0.3) is 0 Å². The molecule has 5 heteroatoms. The van der Waals surface area contributed by atoms with Crippen molar-refractivity contribution < 1.29 is 9.47 Å². The zero-order valence-corrected chi connectivity index (χ0v) is 13.2. The lowest BCUT2D eigenvalue weighted by Gasteiger charge is -2.14. The molecule has 0 amide bonds. The maximum atomic E-state index is 6.20. The summed E-state index contributed by atoms with van der Waals surface area (Å²) in [6.07, 6.45) is 1.27. The Morgan fingerprint density at radius 2 is 2.15 bits per heavy atom. The molecular weight excluding hydrogens is 276 g/mol. The first kappa shape index (κ1) is 15.4. The van der Waals surface area contributed by atoms with Crippen LogP contribution in [0.4, 0.5) is 0 Å². The molecule has 0 spiro atoms. The van der Waals surface area contributed by atoms with Crippen LogP contribution in [0.5, 0.6) is 11.5 Å². The quantitative estimate of drug-likeness (QED) is 0.874. The zero-order chi connectivity index (χ0) is 14.5. The van der Waals surface area contributed by atoms with E-state index in [1.54, 1.807) is 14.2 Å². The molecule has 112 valence electrons. The molecule has 1 N–H and O–H groups in total. The number of nitrogens with one attached hydrogen (secondary N) is 1. The van der Waals surface area contributed by atoms with Gasteiger partial charge in [0.05, 0.1) is 19.2 Å². The second-order valence-electron chi connectivity index (χ2n) is 5.36. The van der Waals surface area contributed by atoms with Crippen molar-refractivity contribution in [2.75, 3.05) is 40.9 Å². The average molecular weight is 299 g/mol. The van der Waals surface area contributed by atoms with Crippen LogP contribution in [0.1, 0.15) is 12.0 Å². The highest BCUT2D eigenvalue weighted by Gasteiger charge is 2.18. The molecule has 1 unspecified atom stereocenters. The van der Waals surface area contributed by atoms with Gasteiger partial charge in [-0.3, -0.25) is 0 Å². The van der Waals surface area contributed by atoms with Gasteiger partial charge in [-0.1, -0.05) is 11.6 Å². The van der Waals surface area contributed by atoms with Gasteiger partial charge in [-0.05, 0) is 50.2 Å². The lowest BCUT2D eigenvalue weighted by atomic mass is 10.1. The standard InChI is InChI=1S/C15H23ClN2O2/c1-18-5-4-11(10-18)8-17-9-12-6-13(16)15(20-3)14(7-12)19-2/h6-7,11,17H,4-5,8-10H2,1-3H3. The molecule has 1 aliphatic rings. The van der Waals surface area contributed by atoms with Crippen molar-refractivity contribution in [2.24, 2.45) is 5.92 Å². The number of ether oxygens (including phenoxy) is 2. The van der Waals surface area contributed by atoms with Crippen molar-refractivity contribution in [2.45, 2.75) is 13.0 Å². The summed E-state index contributed by atoms with van der Waals surface area (Å²) < 4.78 is 10.5. The number of benzene rings is 1. The Morgan fingerprint density at radius 3 is 2.75 bits per heavy atom. The highest BCUT2D eigenvalue weighted by molar-refractivity contribution is 6.32. The fourth-order valence-electron chi connectivity index (χ4n) is 2.69. The first-order valence-electron chi connectivity index (χ1n) is 6.93. The van der Waals surface area contributed by atoms with E-state index < -0.39 is 0 Å². The normalized spacial score (nSPS) is 19.3. The maximum Gasteiger partial charge on any atom is 0.179 e. The molecule has 1 aromatic rings. The van der Waals surface area contributed by atoms with E-state index in [-0.39, 0.29) is 0 Å². The van der Waals surface area contributed by atoms with Gasteiger partial charge in [-0.2, -0.15) is 0 Å². The SMILES string of the molecule is COc1cc(CNCC2CCN(C)C2)cc(Cl)c1OC. The second kappa shape index (κ2) is 7.16. The number of hydrogen-bond acceptors (Lipinski definition) is 4. The van der Waals surface area contributed by atoms with Gasteiger partial charge in [0, 0.05) is 13.1 Å². The minimum Gasteiger partial charge on any atom is -0.493 e. The molecule has 1 aliphatic heterocycles. The fraction of sp³-hybridized carbons (Fsp3) is 0.600. The van der Waals surface area contributed by atoms with Crippen LogP contribution in [0.3, 0.4) is 0 Å². The van der Waals surface area contributed by atoms with Crippen molar-refractivity contribution in [3.8, 4) is 11.5 Å². The van der Waals surface area contributed by atoms with Gasteiger partial charge in [-0.25, -0.2) is 0 Å². The van der Waals surface area contributed by atoms with Gasteiger partial charge in [0.1, 0.15) is 0 Å². The monoisotopic (exact) mass is 298 g/mol. The lowest BCUT2D eigenvalue weighted by molar-refractivity contribution is 0.354. The summed E-state index contributed by atoms with van der Waals surface area (Å²) in [5.74, 6) is 2.02. The van der Waals surface area contributed by atoms with Crippen LogP contribution in [-0.4, -0.2) is 45.8 Å². The highest BCUT2D eigenvalue weighted by atomic mass is 35.5. The van der Waals surface area contributed by atoms with Crippen LogP contribution >= 0.6 is 11.6 Å². The van der Waals surface area contributed by atoms with E-state index in [2.05, 4.69) is 17.3 Å². The first-order chi connectivity index (χ1) is 9.63. The van der Waals surface area contributed by atoms with Crippen molar-refractivity contribution in [3.63, 3.8) is 0 Å². The molecule has 4 nitrogen and oxygen atoms in total.